The van der Waals surface area contributed by atoms with Gasteiger partial charge >= 0.3 is 0 Å². The molecule has 0 amide bonds. The highest BCUT2D eigenvalue weighted by atomic mass is 15.2. The van der Waals surface area contributed by atoms with Gasteiger partial charge < -0.3 is 4.90 Å². The minimum atomic E-state index is 0.0209. The van der Waals surface area contributed by atoms with Crippen LogP contribution in [-0.2, 0) is 5.41 Å². The summed E-state index contributed by atoms with van der Waals surface area (Å²) in [6.07, 6.45) is 7.81. The standard InChI is InChI=1S/C12H13N3/c1-12-8-14-6-4-11(12)15(2)10-3-5-13-7-9(10)12/h3-7H,8H2,1-2H3. The number of aliphatic imine (C=N–C) groups is 1. The van der Waals surface area contributed by atoms with Crippen LogP contribution in [0, 0.1) is 0 Å². The zero-order chi connectivity index (χ0) is 10.5. The SMILES string of the molecule is CN1C2=CC=NCC2(C)c2cnccc21. The Bertz CT molecular complexity index is 476. The van der Waals surface area contributed by atoms with E-state index >= 15 is 0 Å². The van der Waals surface area contributed by atoms with Crippen molar-refractivity contribution >= 4 is 11.9 Å². The van der Waals surface area contributed by atoms with Gasteiger partial charge in [0.15, 0.2) is 0 Å². The van der Waals surface area contributed by atoms with Gasteiger partial charge in [0.05, 0.1) is 12.0 Å². The summed E-state index contributed by atoms with van der Waals surface area (Å²) in [5, 5.41) is 0. The lowest BCUT2D eigenvalue weighted by atomic mass is 9.81. The minimum absolute atomic E-state index is 0.0209. The molecule has 2 aliphatic heterocycles. The number of likely N-dealkylation sites (N-methyl/N-ethyl adjacent to an activating group) is 1. The summed E-state index contributed by atoms with van der Waals surface area (Å²) in [4.78, 5) is 10.8. The van der Waals surface area contributed by atoms with Crippen LogP contribution in [-0.4, -0.2) is 24.8 Å². The topological polar surface area (TPSA) is 28.5 Å². The van der Waals surface area contributed by atoms with Gasteiger partial charge in [-0.05, 0) is 19.1 Å². The number of pyridine rings is 1. The molecule has 3 heteroatoms. The summed E-state index contributed by atoms with van der Waals surface area (Å²) in [6.45, 7) is 3.06. The maximum absolute atomic E-state index is 4.37. The minimum Gasteiger partial charge on any atom is -0.347 e. The predicted octanol–water partition coefficient (Wildman–Crippen LogP) is 1.76. The van der Waals surface area contributed by atoms with Crippen molar-refractivity contribution in [3.8, 4) is 0 Å². The Morgan fingerprint density at radius 3 is 3.20 bits per heavy atom. The van der Waals surface area contributed by atoms with Gasteiger partial charge in [0.25, 0.3) is 0 Å². The number of nitrogens with zero attached hydrogens (tertiary/aromatic N) is 3. The molecule has 76 valence electrons. The lowest BCUT2D eigenvalue weighted by Gasteiger charge is -2.28. The Kier molecular flexibility index (Phi) is 1.55. The Balaban J connectivity index is 2.28. The van der Waals surface area contributed by atoms with Crippen LogP contribution in [0.5, 0.6) is 0 Å². The molecular weight excluding hydrogens is 186 g/mol. The van der Waals surface area contributed by atoms with Gasteiger partial charge in [-0.2, -0.15) is 0 Å². The van der Waals surface area contributed by atoms with Gasteiger partial charge in [-0.3, -0.25) is 9.98 Å². The van der Waals surface area contributed by atoms with E-state index in [0.29, 0.717) is 0 Å². The summed E-state index contributed by atoms with van der Waals surface area (Å²) in [5.41, 5.74) is 3.88. The highest BCUT2D eigenvalue weighted by Gasteiger charge is 2.42. The van der Waals surface area contributed by atoms with Gasteiger partial charge in [-0.1, -0.05) is 0 Å². The largest absolute Gasteiger partial charge is 0.347 e. The summed E-state index contributed by atoms with van der Waals surface area (Å²) < 4.78 is 0. The van der Waals surface area contributed by atoms with Crippen LogP contribution in [0.25, 0.3) is 0 Å². The van der Waals surface area contributed by atoms with E-state index in [4.69, 9.17) is 0 Å². The molecule has 0 aliphatic carbocycles. The molecule has 0 saturated heterocycles. The number of hydrogen-bond donors (Lipinski definition) is 0. The summed E-state index contributed by atoms with van der Waals surface area (Å²) in [7, 11) is 2.11. The van der Waals surface area contributed by atoms with Gasteiger partial charge in [-0.25, -0.2) is 0 Å². The van der Waals surface area contributed by atoms with Gasteiger partial charge in [0, 0.05) is 42.6 Å². The molecule has 3 heterocycles. The molecule has 0 bridgehead atoms. The third-order valence-electron chi connectivity index (χ3n) is 3.43. The second-order valence-corrected chi connectivity index (χ2v) is 4.33. The third-order valence-corrected chi connectivity index (χ3v) is 3.43. The van der Waals surface area contributed by atoms with Crippen molar-refractivity contribution in [2.75, 3.05) is 18.5 Å². The van der Waals surface area contributed by atoms with Crippen molar-refractivity contribution in [3.05, 3.63) is 35.8 Å². The Labute approximate surface area is 89.2 Å². The molecule has 0 spiro atoms. The van der Waals surface area contributed by atoms with Crippen LogP contribution >= 0.6 is 0 Å². The Morgan fingerprint density at radius 2 is 2.33 bits per heavy atom. The van der Waals surface area contributed by atoms with Crippen molar-refractivity contribution < 1.29 is 0 Å². The summed E-state index contributed by atoms with van der Waals surface area (Å²) in [5.74, 6) is 0. The number of dihydropyridines is 1. The molecule has 15 heavy (non-hydrogen) atoms. The van der Waals surface area contributed by atoms with Crippen LogP contribution in [0.1, 0.15) is 12.5 Å². The Hall–Kier alpha value is -1.64. The molecule has 1 unspecified atom stereocenters. The number of aromatic nitrogens is 1. The van der Waals surface area contributed by atoms with E-state index in [1.54, 1.807) is 0 Å². The number of allylic oxidation sites excluding steroid dienone is 1. The monoisotopic (exact) mass is 199 g/mol. The van der Waals surface area contributed by atoms with Gasteiger partial charge in [0.1, 0.15) is 0 Å². The lowest BCUT2D eigenvalue weighted by molar-refractivity contribution is 0.580. The van der Waals surface area contributed by atoms with Gasteiger partial charge in [-0.15, -0.1) is 0 Å². The maximum atomic E-state index is 4.37. The summed E-state index contributed by atoms with van der Waals surface area (Å²) >= 11 is 0. The van der Waals surface area contributed by atoms with E-state index < -0.39 is 0 Å². The second kappa shape index (κ2) is 2.69. The fourth-order valence-electron chi connectivity index (χ4n) is 2.56. The van der Waals surface area contributed by atoms with E-state index in [2.05, 4.69) is 41.0 Å². The van der Waals surface area contributed by atoms with Crippen molar-refractivity contribution in [1.29, 1.82) is 0 Å². The summed E-state index contributed by atoms with van der Waals surface area (Å²) in [6, 6.07) is 2.07. The number of fused-ring (bicyclic) bond motifs is 3. The van der Waals surface area contributed by atoms with E-state index in [-0.39, 0.29) is 5.41 Å². The molecule has 3 nitrogen and oxygen atoms in total. The molecule has 1 aromatic rings. The zero-order valence-corrected chi connectivity index (χ0v) is 8.94. The predicted molar refractivity (Wildman–Crippen MR) is 61.4 cm³/mol. The van der Waals surface area contributed by atoms with E-state index in [0.717, 1.165) is 6.54 Å². The van der Waals surface area contributed by atoms with Crippen LogP contribution in [0.3, 0.4) is 0 Å². The molecule has 0 N–H and O–H groups in total. The van der Waals surface area contributed by atoms with Gasteiger partial charge in [0.2, 0.25) is 0 Å². The number of anilines is 1. The quantitative estimate of drug-likeness (QED) is 0.637. The first kappa shape index (κ1) is 8.65. The smallest absolute Gasteiger partial charge is 0.0558 e. The first-order valence-corrected chi connectivity index (χ1v) is 5.12. The third kappa shape index (κ3) is 0.950. The van der Waals surface area contributed by atoms with Crippen LogP contribution in [0.15, 0.2) is 35.2 Å². The second-order valence-electron chi connectivity index (χ2n) is 4.33. The zero-order valence-electron chi connectivity index (χ0n) is 8.94. The molecular formula is C12H13N3. The van der Waals surface area contributed by atoms with Crippen molar-refractivity contribution in [3.63, 3.8) is 0 Å². The number of hydrogen-bond acceptors (Lipinski definition) is 3. The van der Waals surface area contributed by atoms with E-state index in [1.807, 2.05) is 18.6 Å². The Morgan fingerprint density at radius 1 is 1.47 bits per heavy atom. The van der Waals surface area contributed by atoms with Crippen molar-refractivity contribution in [2.24, 2.45) is 4.99 Å². The van der Waals surface area contributed by atoms with Crippen LogP contribution < -0.4 is 4.90 Å². The van der Waals surface area contributed by atoms with E-state index in [1.165, 1.54) is 16.9 Å². The fourth-order valence-corrected chi connectivity index (χ4v) is 2.56. The molecule has 0 aromatic carbocycles. The average molecular weight is 199 g/mol. The maximum Gasteiger partial charge on any atom is 0.0558 e. The number of rotatable bonds is 0. The highest BCUT2D eigenvalue weighted by Crippen LogP contribution is 2.47. The first-order chi connectivity index (χ1) is 7.23. The van der Waals surface area contributed by atoms with Crippen LogP contribution in [0.2, 0.25) is 0 Å². The molecule has 0 saturated carbocycles. The molecule has 3 rings (SSSR count). The van der Waals surface area contributed by atoms with Crippen LogP contribution in [0.4, 0.5) is 5.69 Å². The van der Waals surface area contributed by atoms with Crippen molar-refractivity contribution in [2.45, 2.75) is 12.3 Å². The fraction of sp³-hybridized carbons (Fsp3) is 0.333. The molecule has 0 fully saturated rings. The lowest BCUT2D eigenvalue weighted by Crippen LogP contribution is -2.31. The normalized spacial score (nSPS) is 27.3. The molecule has 2 aliphatic rings. The average Bonchev–Trinajstić information content (AvgIpc) is 2.50. The highest BCUT2D eigenvalue weighted by molar-refractivity contribution is 5.81. The molecule has 1 atom stereocenters. The van der Waals surface area contributed by atoms with Crippen molar-refractivity contribution in [1.82, 2.24) is 4.98 Å². The first-order valence-electron chi connectivity index (χ1n) is 5.12. The molecule has 1 aromatic heterocycles. The van der Waals surface area contributed by atoms with E-state index in [9.17, 15) is 0 Å². The molecule has 0 radical (unpaired) electrons.